The molecule has 0 fully saturated rings. The van der Waals surface area contributed by atoms with Gasteiger partial charge in [0.25, 0.3) is 0 Å². The average molecular weight is 416 g/mol. The van der Waals surface area contributed by atoms with E-state index < -0.39 is 28.4 Å². The van der Waals surface area contributed by atoms with Gasteiger partial charge in [-0.15, -0.1) is 0 Å². The fourth-order valence-electron chi connectivity index (χ4n) is 0.385. The number of benzene rings is 1. The fourth-order valence-corrected chi connectivity index (χ4v) is 0.385. The maximum atomic E-state index is 9.75. The molecule has 0 heterocycles. The van der Waals surface area contributed by atoms with Crippen molar-refractivity contribution >= 4 is 21.8 Å². The largest absolute Gasteiger partial charge is 1.00 e. The van der Waals surface area contributed by atoms with Crippen LogP contribution in [-0.4, -0.2) is 28.4 Å². The van der Waals surface area contributed by atoms with E-state index >= 15 is 0 Å². The Morgan fingerprint density at radius 3 is 0.500 bits per heavy atom. The van der Waals surface area contributed by atoms with Crippen molar-refractivity contribution in [2.75, 3.05) is 0 Å². The molecule has 0 nitrogen and oxygen atoms in total. The van der Waals surface area contributed by atoms with Crippen LogP contribution in [0.4, 0.5) is 65.0 Å². The molecule has 0 aliphatic heterocycles. The summed E-state index contributed by atoms with van der Waals surface area (Å²) in [5.41, 5.74) is 0. The number of alkyl halides is 3. The summed E-state index contributed by atoms with van der Waals surface area (Å²) in [4.78, 5) is 0. The van der Waals surface area contributed by atoms with Crippen molar-refractivity contribution in [2.24, 2.45) is 0 Å². The summed E-state index contributed by atoms with van der Waals surface area (Å²) in [6, 6.07) is 12.0. The number of hydrogen-bond donors (Lipinski definition) is 0. The maximum Gasteiger partial charge on any atom is 1.00 e. The van der Waals surface area contributed by atoms with E-state index in [-0.39, 0.29) is 20.3 Å². The zero-order chi connectivity index (χ0) is 21.3. The Morgan fingerprint density at radius 2 is 0.462 bits per heavy atom. The molecule has 19 heteroatoms. The van der Waals surface area contributed by atoms with Gasteiger partial charge in [0, 0.05) is 0 Å². The molecule has 26 heavy (non-hydrogen) atoms. The summed E-state index contributed by atoms with van der Waals surface area (Å²) in [6.45, 7) is -3.67. The van der Waals surface area contributed by atoms with Crippen LogP contribution in [0.3, 0.4) is 0 Å². The minimum absolute atomic E-state index is 0. The Hall–Kier alpha value is -1.04. The molecule has 0 bridgehead atoms. The van der Waals surface area contributed by atoms with Gasteiger partial charge in [-0.2, -0.15) is 13.2 Å². The first kappa shape index (κ1) is 36.0. The Labute approximate surface area is 151 Å². The third kappa shape index (κ3) is 450. The van der Waals surface area contributed by atoms with E-state index in [1.807, 2.05) is 36.4 Å². The van der Waals surface area contributed by atoms with Gasteiger partial charge in [0.05, 0.1) is 0 Å². The summed E-state index contributed by atoms with van der Waals surface area (Å²) >= 11 is 0. The number of halogens is 15. The summed E-state index contributed by atoms with van der Waals surface area (Å²) in [7, 11) is -18.0. The molecular formula is C7H8B3F15Li-3. The standard InChI is InChI=1S/C6H6.CHF3.3BF4.Li.H/c1-2-4-6-5-3-1;2-1(3)4;3*2-1(3,4)5;;/h1-6H;1H;;;;;/q;;3*-1;+1;-1. The van der Waals surface area contributed by atoms with Crippen LogP contribution in [0.1, 0.15) is 1.43 Å². The zero-order valence-corrected chi connectivity index (χ0v) is 12.4. The summed E-state index contributed by atoms with van der Waals surface area (Å²) < 4.78 is 146. The van der Waals surface area contributed by atoms with Crippen LogP contribution < -0.4 is 18.9 Å². The van der Waals surface area contributed by atoms with Gasteiger partial charge in [-0.25, -0.2) is 0 Å². The van der Waals surface area contributed by atoms with Crippen molar-refractivity contribution < 1.29 is 85.2 Å². The van der Waals surface area contributed by atoms with Gasteiger partial charge in [0.15, 0.2) is 0 Å². The van der Waals surface area contributed by atoms with E-state index in [1.165, 1.54) is 0 Å². The molecule has 154 valence electrons. The van der Waals surface area contributed by atoms with E-state index in [2.05, 4.69) is 0 Å². The van der Waals surface area contributed by atoms with Gasteiger partial charge >= 0.3 is 47.3 Å². The quantitative estimate of drug-likeness (QED) is 0.445. The minimum Gasteiger partial charge on any atom is -1.00 e. The topological polar surface area (TPSA) is 0 Å². The molecule has 0 amide bonds. The molecule has 1 aromatic carbocycles. The second kappa shape index (κ2) is 18.7. The summed E-state index contributed by atoms with van der Waals surface area (Å²) in [5, 5.41) is 0. The minimum atomic E-state index is -6.00. The van der Waals surface area contributed by atoms with Crippen LogP contribution in [0.5, 0.6) is 0 Å². The summed E-state index contributed by atoms with van der Waals surface area (Å²) in [5.74, 6) is 0. The smallest absolute Gasteiger partial charge is 1.00 e. The molecule has 1 aromatic rings. The van der Waals surface area contributed by atoms with Gasteiger partial charge in [-0.05, 0) is 0 Å². The molecule has 0 unspecified atom stereocenters. The second-order valence-corrected chi connectivity index (χ2v) is 2.89. The van der Waals surface area contributed by atoms with E-state index in [4.69, 9.17) is 0 Å². The number of rotatable bonds is 0. The van der Waals surface area contributed by atoms with Gasteiger partial charge in [0.1, 0.15) is 0 Å². The van der Waals surface area contributed by atoms with Gasteiger partial charge in [-0.3, -0.25) is 0 Å². The average Bonchev–Trinajstić information content (AvgIpc) is 2.23. The van der Waals surface area contributed by atoms with Crippen LogP contribution in [0, 0.1) is 0 Å². The Kier molecular flexibility index (Phi) is 25.9. The van der Waals surface area contributed by atoms with Crippen LogP contribution in [0.2, 0.25) is 0 Å². The predicted molar refractivity (Wildman–Crippen MR) is 65.2 cm³/mol. The Bertz CT molecular complexity index is 294. The molecule has 0 spiro atoms. The van der Waals surface area contributed by atoms with Crippen LogP contribution in [-0.2, 0) is 0 Å². The van der Waals surface area contributed by atoms with E-state index in [1.54, 1.807) is 0 Å². The monoisotopic (exact) mass is 417 g/mol. The first-order valence-corrected chi connectivity index (χ1v) is 5.27. The molecule has 0 aromatic heterocycles. The Balaban J connectivity index is -0.0000000505. The molecule has 0 aliphatic rings. The summed E-state index contributed by atoms with van der Waals surface area (Å²) in [6.07, 6.45) is 0. The SMILES string of the molecule is FC(F)F.F[B-](F)(F)F.F[B-](F)(F)F.F[B-](F)(F)F.[H-].[Li+].c1ccccc1. The number of hydrogen-bond acceptors (Lipinski definition) is 0. The first-order chi connectivity index (χ1) is 10.7. The van der Waals surface area contributed by atoms with Crippen molar-refractivity contribution in [1.82, 2.24) is 0 Å². The van der Waals surface area contributed by atoms with Crippen LogP contribution in [0.25, 0.3) is 0 Å². The van der Waals surface area contributed by atoms with E-state index in [0.29, 0.717) is 0 Å². The van der Waals surface area contributed by atoms with Crippen molar-refractivity contribution in [3.05, 3.63) is 36.4 Å². The second-order valence-electron chi connectivity index (χ2n) is 2.89. The maximum absolute atomic E-state index is 9.75. The first-order valence-electron chi connectivity index (χ1n) is 5.27. The van der Waals surface area contributed by atoms with Crippen molar-refractivity contribution in [1.29, 1.82) is 0 Å². The Morgan fingerprint density at radius 1 is 0.423 bits per heavy atom. The molecule has 0 saturated heterocycles. The molecule has 0 saturated carbocycles. The third-order valence-electron chi connectivity index (χ3n) is 0.667. The van der Waals surface area contributed by atoms with Gasteiger partial charge in [-0.1, -0.05) is 36.4 Å². The molecule has 0 aliphatic carbocycles. The van der Waals surface area contributed by atoms with Gasteiger partial charge < -0.3 is 53.2 Å². The molecule has 0 N–H and O–H groups in total. The van der Waals surface area contributed by atoms with E-state index in [0.717, 1.165) is 0 Å². The van der Waals surface area contributed by atoms with Crippen molar-refractivity contribution in [2.45, 2.75) is 6.68 Å². The van der Waals surface area contributed by atoms with Crippen LogP contribution >= 0.6 is 0 Å². The molecular weight excluding hydrogens is 408 g/mol. The third-order valence-corrected chi connectivity index (χ3v) is 0.667. The molecule has 0 radical (unpaired) electrons. The molecule has 1 rings (SSSR count). The van der Waals surface area contributed by atoms with E-state index in [9.17, 15) is 65.0 Å². The van der Waals surface area contributed by atoms with Crippen molar-refractivity contribution in [3.8, 4) is 0 Å². The predicted octanol–water partition coefficient (Wildman–Crippen LogP) is 3.88. The van der Waals surface area contributed by atoms with Gasteiger partial charge in [0.2, 0.25) is 0 Å². The van der Waals surface area contributed by atoms with Crippen LogP contribution in [0.15, 0.2) is 36.4 Å². The molecule has 0 atom stereocenters. The fraction of sp³-hybridized carbons (Fsp3) is 0.143. The normalized spacial score (nSPS) is 10.2. The van der Waals surface area contributed by atoms with Crippen molar-refractivity contribution in [3.63, 3.8) is 0 Å². The zero-order valence-electron chi connectivity index (χ0n) is 13.4.